The van der Waals surface area contributed by atoms with Crippen LogP contribution in [0.4, 0.5) is 5.69 Å². The van der Waals surface area contributed by atoms with Crippen LogP contribution in [0.5, 0.6) is 0 Å². The number of morpholine rings is 1. The topological polar surface area (TPSA) is 68.5 Å². The molecule has 92 valence electrons. The highest BCUT2D eigenvalue weighted by molar-refractivity contribution is 5.98. The minimum absolute atomic E-state index is 0.0544. The van der Waals surface area contributed by atoms with E-state index in [1.165, 1.54) is 6.20 Å². The average Bonchev–Trinajstić information content (AvgIpc) is 2.27. The van der Waals surface area contributed by atoms with Crippen LogP contribution in [-0.2, 0) is 4.74 Å². The number of amides is 1. The maximum atomic E-state index is 12.3. The number of hydrogen-bond acceptors (Lipinski definition) is 4. The lowest BCUT2D eigenvalue weighted by atomic mass is 10.1. The Balaban J connectivity index is 2.18. The molecule has 2 N–H and O–H groups in total. The second kappa shape index (κ2) is 4.33. The maximum Gasteiger partial charge on any atom is 0.256 e. The molecule has 2 heterocycles. The Hall–Kier alpha value is -1.62. The Morgan fingerprint density at radius 1 is 1.59 bits per heavy atom. The van der Waals surface area contributed by atoms with Crippen molar-refractivity contribution in [1.82, 2.24) is 9.88 Å². The largest absolute Gasteiger partial charge is 0.397 e. The van der Waals surface area contributed by atoms with Crippen molar-refractivity contribution in [2.75, 3.05) is 25.4 Å². The number of aromatic nitrogens is 1. The summed E-state index contributed by atoms with van der Waals surface area (Å²) in [5, 5.41) is 0. The lowest BCUT2D eigenvalue weighted by Gasteiger charge is -2.38. The first-order valence-electron chi connectivity index (χ1n) is 5.62. The van der Waals surface area contributed by atoms with Crippen molar-refractivity contribution in [3.63, 3.8) is 0 Å². The molecule has 0 radical (unpaired) electrons. The van der Waals surface area contributed by atoms with Crippen molar-refractivity contribution >= 4 is 11.6 Å². The Labute approximate surface area is 101 Å². The standard InChI is InChI=1S/C12H17N3O2/c1-12(2)8-15(5-6-17-12)11(16)9-3-4-14-7-10(9)13/h3-4,7H,5-6,8,13H2,1-2H3. The lowest BCUT2D eigenvalue weighted by molar-refractivity contribution is -0.0763. The number of anilines is 1. The number of nitrogens with zero attached hydrogens (tertiary/aromatic N) is 2. The Bertz CT molecular complexity index is 432. The SMILES string of the molecule is CC1(C)CN(C(=O)c2ccncc2N)CCO1. The highest BCUT2D eigenvalue weighted by atomic mass is 16.5. The average molecular weight is 235 g/mol. The predicted octanol–water partition coefficient (Wildman–Crippen LogP) is 0.915. The fourth-order valence-electron chi connectivity index (χ4n) is 1.96. The first-order valence-corrected chi connectivity index (χ1v) is 5.62. The van der Waals surface area contributed by atoms with E-state index in [0.29, 0.717) is 30.9 Å². The van der Waals surface area contributed by atoms with E-state index in [2.05, 4.69) is 4.98 Å². The van der Waals surface area contributed by atoms with Crippen LogP contribution in [0, 0.1) is 0 Å². The Morgan fingerprint density at radius 2 is 2.35 bits per heavy atom. The van der Waals surface area contributed by atoms with Crippen molar-refractivity contribution in [2.45, 2.75) is 19.4 Å². The fourth-order valence-corrected chi connectivity index (χ4v) is 1.96. The summed E-state index contributed by atoms with van der Waals surface area (Å²) in [6, 6.07) is 1.65. The highest BCUT2D eigenvalue weighted by Gasteiger charge is 2.30. The van der Waals surface area contributed by atoms with E-state index >= 15 is 0 Å². The number of nitrogen functional groups attached to an aromatic ring is 1. The number of rotatable bonds is 1. The Kier molecular flexibility index (Phi) is 3.02. The van der Waals surface area contributed by atoms with Gasteiger partial charge >= 0.3 is 0 Å². The van der Waals surface area contributed by atoms with Crippen LogP contribution in [0.3, 0.4) is 0 Å². The van der Waals surface area contributed by atoms with Gasteiger partial charge in [-0.25, -0.2) is 0 Å². The number of ether oxygens (including phenoxy) is 1. The highest BCUT2D eigenvalue weighted by Crippen LogP contribution is 2.20. The summed E-state index contributed by atoms with van der Waals surface area (Å²) in [7, 11) is 0. The molecular formula is C12H17N3O2. The van der Waals surface area contributed by atoms with Gasteiger partial charge in [0.15, 0.2) is 0 Å². The van der Waals surface area contributed by atoms with Gasteiger partial charge in [0, 0.05) is 19.3 Å². The second-order valence-electron chi connectivity index (χ2n) is 4.80. The van der Waals surface area contributed by atoms with Crippen LogP contribution >= 0.6 is 0 Å². The maximum absolute atomic E-state index is 12.3. The van der Waals surface area contributed by atoms with Gasteiger partial charge in [-0.1, -0.05) is 0 Å². The van der Waals surface area contributed by atoms with Crippen molar-refractivity contribution in [3.8, 4) is 0 Å². The third-order valence-corrected chi connectivity index (χ3v) is 2.80. The summed E-state index contributed by atoms with van der Waals surface area (Å²) in [6.07, 6.45) is 3.08. The minimum Gasteiger partial charge on any atom is -0.397 e. The molecule has 17 heavy (non-hydrogen) atoms. The van der Waals surface area contributed by atoms with E-state index in [-0.39, 0.29) is 11.5 Å². The van der Waals surface area contributed by atoms with Crippen LogP contribution in [0.15, 0.2) is 18.5 Å². The molecule has 0 saturated carbocycles. The summed E-state index contributed by atoms with van der Waals surface area (Å²) in [5.41, 5.74) is 6.39. The number of nitrogens with two attached hydrogens (primary N) is 1. The van der Waals surface area contributed by atoms with E-state index in [9.17, 15) is 4.79 Å². The third kappa shape index (κ3) is 2.55. The van der Waals surface area contributed by atoms with Crippen molar-refractivity contribution < 1.29 is 9.53 Å². The van der Waals surface area contributed by atoms with Gasteiger partial charge < -0.3 is 15.4 Å². The molecule has 1 fully saturated rings. The molecule has 1 aromatic heterocycles. The van der Waals surface area contributed by atoms with Gasteiger partial charge in [-0.05, 0) is 19.9 Å². The quantitative estimate of drug-likeness (QED) is 0.785. The van der Waals surface area contributed by atoms with E-state index in [4.69, 9.17) is 10.5 Å². The van der Waals surface area contributed by atoms with Crippen molar-refractivity contribution in [1.29, 1.82) is 0 Å². The Morgan fingerprint density at radius 3 is 3.00 bits per heavy atom. The zero-order valence-electron chi connectivity index (χ0n) is 10.1. The van der Waals surface area contributed by atoms with E-state index in [1.807, 2.05) is 13.8 Å². The molecule has 0 unspecified atom stereocenters. The third-order valence-electron chi connectivity index (χ3n) is 2.80. The second-order valence-corrected chi connectivity index (χ2v) is 4.80. The van der Waals surface area contributed by atoms with E-state index < -0.39 is 0 Å². The van der Waals surface area contributed by atoms with Gasteiger partial charge in [0.1, 0.15) is 0 Å². The van der Waals surface area contributed by atoms with Gasteiger partial charge in [-0.3, -0.25) is 9.78 Å². The molecule has 2 rings (SSSR count). The normalized spacial score (nSPS) is 19.1. The zero-order chi connectivity index (χ0) is 12.5. The molecule has 5 nitrogen and oxygen atoms in total. The summed E-state index contributed by atoms with van der Waals surface area (Å²) in [5.74, 6) is -0.0544. The zero-order valence-corrected chi connectivity index (χ0v) is 10.1. The van der Waals surface area contributed by atoms with E-state index in [0.717, 1.165) is 0 Å². The first kappa shape index (κ1) is 11.9. The molecule has 1 aliphatic heterocycles. The lowest BCUT2D eigenvalue weighted by Crippen LogP contribution is -2.50. The summed E-state index contributed by atoms with van der Waals surface area (Å²) in [4.78, 5) is 17.9. The number of carbonyl (C=O) groups is 1. The van der Waals surface area contributed by atoms with Gasteiger partial charge in [0.2, 0.25) is 0 Å². The summed E-state index contributed by atoms with van der Waals surface area (Å²) < 4.78 is 5.57. The van der Waals surface area contributed by atoms with Gasteiger partial charge in [-0.2, -0.15) is 0 Å². The monoisotopic (exact) mass is 235 g/mol. The van der Waals surface area contributed by atoms with Crippen LogP contribution in [0.1, 0.15) is 24.2 Å². The number of carbonyl (C=O) groups excluding carboxylic acids is 1. The molecule has 1 aliphatic rings. The van der Waals surface area contributed by atoms with Gasteiger partial charge in [0.05, 0.1) is 29.7 Å². The van der Waals surface area contributed by atoms with Crippen LogP contribution < -0.4 is 5.73 Å². The summed E-state index contributed by atoms with van der Waals surface area (Å²) >= 11 is 0. The van der Waals surface area contributed by atoms with Crippen LogP contribution in [-0.4, -0.2) is 41.1 Å². The van der Waals surface area contributed by atoms with Gasteiger partial charge in [0.25, 0.3) is 5.91 Å². The van der Waals surface area contributed by atoms with Crippen LogP contribution in [0.25, 0.3) is 0 Å². The van der Waals surface area contributed by atoms with Crippen molar-refractivity contribution in [3.05, 3.63) is 24.0 Å². The molecule has 0 bridgehead atoms. The molecule has 0 aliphatic carbocycles. The van der Waals surface area contributed by atoms with Crippen LogP contribution in [0.2, 0.25) is 0 Å². The predicted molar refractivity (Wildman–Crippen MR) is 64.6 cm³/mol. The fraction of sp³-hybridized carbons (Fsp3) is 0.500. The smallest absolute Gasteiger partial charge is 0.256 e. The first-order chi connectivity index (χ1) is 7.99. The molecule has 0 aromatic carbocycles. The van der Waals surface area contributed by atoms with E-state index in [1.54, 1.807) is 17.2 Å². The molecule has 1 amide bonds. The number of hydrogen-bond donors (Lipinski definition) is 1. The molecule has 0 spiro atoms. The molecule has 5 heteroatoms. The minimum atomic E-state index is -0.296. The molecule has 0 atom stereocenters. The molecule has 1 aromatic rings. The summed E-state index contributed by atoms with van der Waals surface area (Å²) in [6.45, 7) is 5.69. The van der Waals surface area contributed by atoms with Crippen molar-refractivity contribution in [2.24, 2.45) is 0 Å². The van der Waals surface area contributed by atoms with Gasteiger partial charge in [-0.15, -0.1) is 0 Å². The molecule has 1 saturated heterocycles. The number of pyridine rings is 1. The molecular weight excluding hydrogens is 218 g/mol.